The van der Waals surface area contributed by atoms with E-state index < -0.39 is 29.2 Å². The molecule has 6 saturated heterocycles. The Morgan fingerprint density at radius 2 is 1.24 bits per heavy atom. The smallest absolute Gasteiger partial charge is 0.407 e. The summed E-state index contributed by atoms with van der Waals surface area (Å²) in [6.45, 7) is 6.61. The van der Waals surface area contributed by atoms with Crippen LogP contribution in [0.1, 0.15) is 39.5 Å². The zero-order valence-electron chi connectivity index (χ0n) is 22.5. The minimum absolute atomic E-state index is 0.0409. The number of alkyl carbamates (subject to hydrolysis) is 1. The molecule has 208 valence electrons. The number of nitrogens with zero attached hydrogens (tertiary/aromatic N) is 2. The number of fused-ring (bicyclic) bond motifs is 6. The second-order valence-electron chi connectivity index (χ2n) is 11.2. The predicted molar refractivity (Wildman–Crippen MR) is 132 cm³/mol. The highest BCUT2D eigenvalue weighted by Gasteiger charge is 2.55. The second kappa shape index (κ2) is 11.3. The highest BCUT2D eigenvalue weighted by atomic mass is 16.6. The molecule has 0 spiro atoms. The number of ether oxygens (including phenoxy) is 4. The standard InChI is InChI=1S/C26H41N3O8/c1-17(2)20(23(32)36-15-25(13-34-3)21(30)18-5-9-28(25)10-6-18)27-24(33)37-16-26(14-35-4)22(31)19-7-11-29(26)12-8-19/h17-20H,5-16H2,1-4H3,(H,27,33). The molecule has 1 N–H and O–H groups in total. The first-order valence-electron chi connectivity index (χ1n) is 13.3. The number of esters is 1. The van der Waals surface area contributed by atoms with Crippen LogP contribution in [0, 0.1) is 17.8 Å². The van der Waals surface area contributed by atoms with Gasteiger partial charge >= 0.3 is 12.1 Å². The number of hydrogen-bond acceptors (Lipinski definition) is 10. The van der Waals surface area contributed by atoms with Crippen LogP contribution >= 0.6 is 0 Å². The molecule has 0 aromatic heterocycles. The number of methoxy groups -OCH3 is 2. The Bertz CT molecular complexity index is 881. The minimum Gasteiger partial charge on any atom is -0.462 e. The fourth-order valence-electron chi connectivity index (χ4n) is 6.55. The Morgan fingerprint density at radius 3 is 1.62 bits per heavy atom. The van der Waals surface area contributed by atoms with Gasteiger partial charge in [0, 0.05) is 52.2 Å². The van der Waals surface area contributed by atoms with Crippen LogP contribution < -0.4 is 5.32 Å². The van der Waals surface area contributed by atoms with E-state index in [1.54, 1.807) is 13.8 Å². The van der Waals surface area contributed by atoms with Crippen molar-refractivity contribution >= 4 is 23.6 Å². The topological polar surface area (TPSA) is 124 Å². The number of carbonyl (C=O) groups excluding carboxylic acids is 4. The Kier molecular flexibility index (Phi) is 8.57. The third-order valence-corrected chi connectivity index (χ3v) is 8.71. The molecule has 6 fully saturated rings. The van der Waals surface area contributed by atoms with Gasteiger partial charge in [0.05, 0.1) is 13.2 Å². The summed E-state index contributed by atoms with van der Waals surface area (Å²) in [6, 6.07) is -0.977. The van der Waals surface area contributed by atoms with Crippen LogP contribution in [-0.2, 0) is 33.3 Å². The Labute approximate surface area is 218 Å². The molecule has 0 saturated carbocycles. The van der Waals surface area contributed by atoms with E-state index in [1.165, 1.54) is 14.2 Å². The van der Waals surface area contributed by atoms with Crippen molar-refractivity contribution in [3.8, 4) is 0 Å². The highest BCUT2D eigenvalue weighted by Crippen LogP contribution is 2.38. The van der Waals surface area contributed by atoms with E-state index in [4.69, 9.17) is 18.9 Å². The molecule has 37 heavy (non-hydrogen) atoms. The SMILES string of the molecule is COCC1(COC(=O)NC(C(=O)OCC2(COC)C(=O)C3CCN2CC3)C(C)C)C(=O)C2CCN1CC2. The molecule has 6 aliphatic rings. The van der Waals surface area contributed by atoms with Gasteiger partial charge in [-0.25, -0.2) is 9.59 Å². The number of piperidine rings is 6. The zero-order chi connectivity index (χ0) is 26.8. The maximum atomic E-state index is 13.1. The Balaban J connectivity index is 1.37. The molecule has 3 atom stereocenters. The van der Waals surface area contributed by atoms with E-state index >= 15 is 0 Å². The number of amides is 1. The van der Waals surface area contributed by atoms with E-state index in [0.717, 1.165) is 51.9 Å². The number of Topliss-reactive ketones (excluding diaryl/α,β-unsaturated/α-hetero) is 2. The summed E-state index contributed by atoms with van der Waals surface area (Å²) >= 11 is 0. The van der Waals surface area contributed by atoms with Gasteiger partial charge in [0.1, 0.15) is 30.3 Å². The van der Waals surface area contributed by atoms with Gasteiger partial charge in [-0.3, -0.25) is 19.4 Å². The lowest BCUT2D eigenvalue weighted by atomic mass is 9.74. The molecular formula is C26H41N3O8. The molecule has 6 aliphatic heterocycles. The number of hydrogen-bond donors (Lipinski definition) is 1. The molecule has 0 aliphatic carbocycles. The lowest BCUT2D eigenvalue weighted by Crippen LogP contribution is -2.69. The third-order valence-electron chi connectivity index (χ3n) is 8.71. The maximum absolute atomic E-state index is 13.1. The van der Waals surface area contributed by atoms with Gasteiger partial charge < -0.3 is 24.3 Å². The molecule has 11 nitrogen and oxygen atoms in total. The van der Waals surface area contributed by atoms with Crippen LogP contribution in [0.2, 0.25) is 0 Å². The average molecular weight is 524 g/mol. The monoisotopic (exact) mass is 523 g/mol. The van der Waals surface area contributed by atoms with Crippen LogP contribution in [-0.4, -0.2) is 117 Å². The molecule has 3 unspecified atom stereocenters. The molecular weight excluding hydrogens is 482 g/mol. The van der Waals surface area contributed by atoms with Gasteiger partial charge in [-0.05, 0) is 31.6 Å². The van der Waals surface area contributed by atoms with Gasteiger partial charge in [0.2, 0.25) is 0 Å². The van der Waals surface area contributed by atoms with Gasteiger partial charge in [-0.15, -0.1) is 0 Å². The van der Waals surface area contributed by atoms with Crippen molar-refractivity contribution < 1.29 is 38.1 Å². The van der Waals surface area contributed by atoms with Crippen molar-refractivity contribution in [1.29, 1.82) is 0 Å². The lowest BCUT2D eigenvalue weighted by molar-refractivity contribution is -0.169. The van der Waals surface area contributed by atoms with Crippen molar-refractivity contribution in [3.63, 3.8) is 0 Å². The molecule has 0 radical (unpaired) electrons. The van der Waals surface area contributed by atoms with E-state index in [2.05, 4.69) is 10.2 Å². The Morgan fingerprint density at radius 1 is 0.811 bits per heavy atom. The molecule has 1 amide bonds. The highest BCUT2D eigenvalue weighted by molar-refractivity contribution is 5.93. The van der Waals surface area contributed by atoms with Crippen molar-refractivity contribution in [1.82, 2.24) is 15.1 Å². The predicted octanol–water partition coefficient (Wildman–Crippen LogP) is 0.640. The summed E-state index contributed by atoms with van der Waals surface area (Å²) in [5.74, 6) is -0.913. The summed E-state index contributed by atoms with van der Waals surface area (Å²) in [5.41, 5.74) is -1.99. The lowest BCUT2D eigenvalue weighted by Gasteiger charge is -2.52. The molecule has 0 aromatic rings. The summed E-state index contributed by atoms with van der Waals surface area (Å²) in [4.78, 5) is 56.2. The van der Waals surface area contributed by atoms with Gasteiger partial charge in [0.15, 0.2) is 11.6 Å². The molecule has 11 heteroatoms. The first kappa shape index (κ1) is 27.9. The number of nitrogens with one attached hydrogen (secondary N) is 1. The van der Waals surface area contributed by atoms with E-state index in [1.807, 2.05) is 4.90 Å². The molecule has 4 bridgehead atoms. The molecule has 6 heterocycles. The van der Waals surface area contributed by atoms with E-state index in [9.17, 15) is 19.2 Å². The number of rotatable bonds is 11. The normalized spacial score (nSPS) is 35.5. The molecule has 0 aromatic carbocycles. The minimum atomic E-state index is -0.997. The fraction of sp³-hybridized carbons (Fsp3) is 0.846. The first-order valence-corrected chi connectivity index (χ1v) is 13.3. The largest absolute Gasteiger partial charge is 0.462 e. The van der Waals surface area contributed by atoms with Crippen LogP contribution in [0.25, 0.3) is 0 Å². The van der Waals surface area contributed by atoms with Gasteiger partial charge in [0.25, 0.3) is 0 Å². The zero-order valence-corrected chi connectivity index (χ0v) is 22.5. The van der Waals surface area contributed by atoms with E-state index in [-0.39, 0.29) is 55.7 Å². The van der Waals surface area contributed by atoms with Crippen molar-refractivity contribution in [3.05, 3.63) is 0 Å². The van der Waals surface area contributed by atoms with Crippen LogP contribution in [0.4, 0.5) is 4.79 Å². The maximum Gasteiger partial charge on any atom is 0.407 e. The fourth-order valence-corrected chi connectivity index (χ4v) is 6.55. The van der Waals surface area contributed by atoms with E-state index in [0.29, 0.717) is 0 Å². The summed E-state index contributed by atoms with van der Waals surface area (Å²) in [5, 5.41) is 2.62. The van der Waals surface area contributed by atoms with Crippen molar-refractivity contribution in [2.24, 2.45) is 17.8 Å². The second-order valence-corrected chi connectivity index (χ2v) is 11.2. The van der Waals surface area contributed by atoms with Gasteiger partial charge in [-0.1, -0.05) is 13.8 Å². The van der Waals surface area contributed by atoms with Crippen LogP contribution in [0.5, 0.6) is 0 Å². The van der Waals surface area contributed by atoms with Crippen LogP contribution in [0.15, 0.2) is 0 Å². The number of ketones is 2. The Hall–Kier alpha value is -2.08. The summed E-state index contributed by atoms with van der Waals surface area (Å²) in [6.07, 6.45) is 2.44. The number of carbonyl (C=O) groups is 4. The van der Waals surface area contributed by atoms with Crippen LogP contribution in [0.3, 0.4) is 0 Å². The van der Waals surface area contributed by atoms with Crippen molar-refractivity contribution in [2.45, 2.75) is 56.7 Å². The quantitative estimate of drug-likeness (QED) is 0.386. The average Bonchev–Trinajstić information content (AvgIpc) is 2.90. The summed E-state index contributed by atoms with van der Waals surface area (Å²) < 4.78 is 21.9. The first-order chi connectivity index (χ1) is 17.7. The molecule has 6 rings (SSSR count). The summed E-state index contributed by atoms with van der Waals surface area (Å²) in [7, 11) is 3.06. The van der Waals surface area contributed by atoms with Crippen molar-refractivity contribution in [2.75, 3.05) is 66.8 Å². The third kappa shape index (κ3) is 5.15. The van der Waals surface area contributed by atoms with Gasteiger partial charge in [-0.2, -0.15) is 0 Å².